The van der Waals surface area contributed by atoms with Crippen molar-refractivity contribution >= 4 is 27.5 Å². The number of rotatable bonds is 2. The van der Waals surface area contributed by atoms with Crippen LogP contribution in [0.4, 0.5) is 5.69 Å². The number of anilines is 1. The van der Waals surface area contributed by atoms with Crippen molar-refractivity contribution in [1.29, 1.82) is 0 Å². The number of nitrogens with two attached hydrogens (primary N) is 2. The molecule has 7 heteroatoms. The van der Waals surface area contributed by atoms with E-state index in [1.807, 2.05) is 13.8 Å². The Bertz CT molecular complexity index is 635. The normalized spacial score (nSPS) is 10.6. The minimum absolute atomic E-state index is 0.244. The molecule has 94 valence electrons. The minimum Gasteiger partial charge on any atom is -0.397 e. The first-order valence-corrected chi connectivity index (χ1v) is 5.98. The Balaban J connectivity index is 2.71. The van der Waals surface area contributed by atoms with Crippen LogP contribution in [0, 0.1) is 13.8 Å². The van der Waals surface area contributed by atoms with Crippen molar-refractivity contribution in [3.63, 3.8) is 0 Å². The first kappa shape index (κ1) is 12.6. The number of pyridine rings is 1. The number of aryl methyl sites for hydroxylation is 1. The second-order valence-electron chi connectivity index (χ2n) is 3.90. The molecule has 0 saturated heterocycles. The molecule has 6 nitrogen and oxygen atoms in total. The molecule has 0 aromatic carbocycles. The zero-order valence-electron chi connectivity index (χ0n) is 9.94. The first-order chi connectivity index (χ1) is 8.41. The Hall–Kier alpha value is -1.89. The van der Waals surface area contributed by atoms with Crippen molar-refractivity contribution in [2.24, 2.45) is 5.73 Å². The van der Waals surface area contributed by atoms with E-state index in [0.717, 1.165) is 15.9 Å². The smallest absolute Gasteiger partial charge is 0.252 e. The van der Waals surface area contributed by atoms with E-state index in [4.69, 9.17) is 11.5 Å². The van der Waals surface area contributed by atoms with Gasteiger partial charge in [-0.05, 0) is 35.8 Å². The summed E-state index contributed by atoms with van der Waals surface area (Å²) in [5.74, 6) is -0.212. The molecule has 0 aliphatic heterocycles. The monoisotopic (exact) mass is 309 g/mol. The molecule has 0 atom stereocenters. The molecule has 0 spiro atoms. The van der Waals surface area contributed by atoms with Crippen LogP contribution in [0.3, 0.4) is 0 Å². The molecule has 0 fully saturated rings. The Labute approximate surface area is 112 Å². The van der Waals surface area contributed by atoms with Crippen LogP contribution in [0.5, 0.6) is 0 Å². The number of nitrogens with zero attached hydrogens (tertiary/aromatic N) is 3. The third-order valence-corrected chi connectivity index (χ3v) is 3.70. The van der Waals surface area contributed by atoms with E-state index in [2.05, 4.69) is 26.0 Å². The van der Waals surface area contributed by atoms with Crippen LogP contribution in [0.15, 0.2) is 16.7 Å². The van der Waals surface area contributed by atoms with E-state index in [-0.39, 0.29) is 5.56 Å². The average molecular weight is 310 g/mol. The van der Waals surface area contributed by atoms with E-state index < -0.39 is 5.91 Å². The fourth-order valence-corrected chi connectivity index (χ4v) is 1.90. The van der Waals surface area contributed by atoms with Gasteiger partial charge in [0.1, 0.15) is 0 Å². The molecular weight excluding hydrogens is 298 g/mol. The first-order valence-electron chi connectivity index (χ1n) is 5.19. The molecule has 0 unspecified atom stereocenters. The van der Waals surface area contributed by atoms with Gasteiger partial charge in [-0.25, -0.2) is 9.67 Å². The van der Waals surface area contributed by atoms with Crippen molar-refractivity contribution in [3.05, 3.63) is 33.7 Å². The lowest BCUT2D eigenvalue weighted by Gasteiger charge is -2.08. The average Bonchev–Trinajstić information content (AvgIpc) is 2.57. The molecule has 4 N–H and O–H groups in total. The Morgan fingerprint density at radius 1 is 1.44 bits per heavy atom. The highest BCUT2D eigenvalue weighted by Crippen LogP contribution is 2.24. The Morgan fingerprint density at radius 2 is 2.11 bits per heavy atom. The van der Waals surface area contributed by atoms with E-state index >= 15 is 0 Å². The van der Waals surface area contributed by atoms with Gasteiger partial charge in [-0.2, -0.15) is 5.10 Å². The van der Waals surface area contributed by atoms with Gasteiger partial charge in [0.2, 0.25) is 0 Å². The van der Waals surface area contributed by atoms with Gasteiger partial charge < -0.3 is 11.5 Å². The zero-order valence-corrected chi connectivity index (χ0v) is 11.5. The predicted octanol–water partition coefficient (Wildman–Crippen LogP) is 1.33. The van der Waals surface area contributed by atoms with Crippen LogP contribution in [-0.2, 0) is 0 Å². The third-order valence-electron chi connectivity index (χ3n) is 2.56. The second-order valence-corrected chi connectivity index (χ2v) is 4.69. The number of hydrogen-bond donors (Lipinski definition) is 2. The lowest BCUT2D eigenvalue weighted by Crippen LogP contribution is -2.17. The fourth-order valence-electron chi connectivity index (χ4n) is 1.65. The van der Waals surface area contributed by atoms with Gasteiger partial charge in [-0.3, -0.25) is 4.79 Å². The maximum absolute atomic E-state index is 11.4. The number of carbonyl (C=O) groups excluding carboxylic acids is 1. The number of primary amides is 1. The van der Waals surface area contributed by atoms with Gasteiger partial charge in [-0.1, -0.05) is 0 Å². The zero-order chi connectivity index (χ0) is 13.4. The molecule has 0 bridgehead atoms. The number of hydrogen-bond acceptors (Lipinski definition) is 4. The van der Waals surface area contributed by atoms with Crippen LogP contribution in [0.25, 0.3) is 5.82 Å². The highest BCUT2D eigenvalue weighted by Gasteiger charge is 2.17. The molecule has 0 aliphatic carbocycles. The molecular formula is C11H12BrN5O. The summed E-state index contributed by atoms with van der Waals surface area (Å²) in [6, 6.07) is 1.50. The van der Waals surface area contributed by atoms with Gasteiger partial charge in [0.25, 0.3) is 5.91 Å². The maximum atomic E-state index is 11.4. The highest BCUT2D eigenvalue weighted by atomic mass is 79.9. The molecule has 2 rings (SSSR count). The molecule has 0 radical (unpaired) electrons. The summed E-state index contributed by atoms with van der Waals surface area (Å²) >= 11 is 3.42. The third kappa shape index (κ3) is 1.97. The standard InChI is InChI=1S/C11H12BrN5O/c1-5-9(12)6(2)17(16-5)11-8(10(14)18)3-7(13)4-15-11/h3-4H,13H2,1-2H3,(H2,14,18). The van der Waals surface area contributed by atoms with Gasteiger partial charge in [0.05, 0.1) is 33.3 Å². The number of nitrogen functional groups attached to an aromatic ring is 1. The van der Waals surface area contributed by atoms with Crippen LogP contribution < -0.4 is 11.5 Å². The molecule has 2 aromatic rings. The number of amides is 1. The van der Waals surface area contributed by atoms with E-state index in [1.165, 1.54) is 12.3 Å². The topological polar surface area (TPSA) is 99.8 Å². The number of aromatic nitrogens is 3. The van der Waals surface area contributed by atoms with Crippen molar-refractivity contribution < 1.29 is 4.79 Å². The van der Waals surface area contributed by atoms with Crippen molar-refractivity contribution in [2.75, 3.05) is 5.73 Å². The maximum Gasteiger partial charge on any atom is 0.252 e. The quantitative estimate of drug-likeness (QED) is 0.874. The van der Waals surface area contributed by atoms with Gasteiger partial charge >= 0.3 is 0 Å². The summed E-state index contributed by atoms with van der Waals surface area (Å²) in [7, 11) is 0. The van der Waals surface area contributed by atoms with Crippen molar-refractivity contribution in [3.8, 4) is 5.82 Å². The van der Waals surface area contributed by atoms with Crippen LogP contribution in [0.1, 0.15) is 21.7 Å². The molecule has 1 amide bonds. The van der Waals surface area contributed by atoms with E-state index in [9.17, 15) is 4.79 Å². The molecule has 2 heterocycles. The highest BCUT2D eigenvalue weighted by molar-refractivity contribution is 9.10. The summed E-state index contributed by atoms with van der Waals surface area (Å²) in [6.45, 7) is 3.72. The summed E-state index contributed by atoms with van der Waals surface area (Å²) in [6.07, 6.45) is 1.46. The van der Waals surface area contributed by atoms with Crippen molar-refractivity contribution in [2.45, 2.75) is 13.8 Å². The van der Waals surface area contributed by atoms with Gasteiger partial charge in [0.15, 0.2) is 5.82 Å². The fraction of sp³-hybridized carbons (Fsp3) is 0.182. The van der Waals surface area contributed by atoms with Crippen molar-refractivity contribution in [1.82, 2.24) is 14.8 Å². The number of halogens is 1. The largest absolute Gasteiger partial charge is 0.397 e. The summed E-state index contributed by atoms with van der Waals surface area (Å²) in [5, 5.41) is 4.31. The van der Waals surface area contributed by atoms with Crippen LogP contribution >= 0.6 is 15.9 Å². The molecule has 18 heavy (non-hydrogen) atoms. The lowest BCUT2D eigenvalue weighted by molar-refractivity contribution is 0.1000. The van der Waals surface area contributed by atoms with E-state index in [1.54, 1.807) is 4.68 Å². The van der Waals surface area contributed by atoms with Crippen LogP contribution in [-0.4, -0.2) is 20.7 Å². The predicted molar refractivity (Wildman–Crippen MR) is 71.5 cm³/mol. The SMILES string of the molecule is Cc1nn(-c2ncc(N)cc2C(N)=O)c(C)c1Br. The molecule has 0 aliphatic rings. The van der Waals surface area contributed by atoms with Crippen LogP contribution in [0.2, 0.25) is 0 Å². The minimum atomic E-state index is -0.589. The summed E-state index contributed by atoms with van der Waals surface area (Å²) in [4.78, 5) is 15.6. The van der Waals surface area contributed by atoms with Gasteiger partial charge in [0, 0.05) is 0 Å². The summed E-state index contributed by atoms with van der Waals surface area (Å²) in [5.41, 5.74) is 13.2. The summed E-state index contributed by atoms with van der Waals surface area (Å²) < 4.78 is 2.44. The lowest BCUT2D eigenvalue weighted by atomic mass is 10.2. The number of carbonyl (C=O) groups is 1. The Kier molecular flexibility index (Phi) is 3.08. The Morgan fingerprint density at radius 3 is 2.61 bits per heavy atom. The molecule has 2 aromatic heterocycles. The molecule has 0 saturated carbocycles. The van der Waals surface area contributed by atoms with E-state index in [0.29, 0.717) is 11.5 Å². The van der Waals surface area contributed by atoms with Gasteiger partial charge in [-0.15, -0.1) is 0 Å². The second kappa shape index (κ2) is 4.41.